The van der Waals surface area contributed by atoms with Crippen LogP contribution in [0.4, 0.5) is 0 Å². The molecule has 2 heterocycles. The summed E-state index contributed by atoms with van der Waals surface area (Å²) < 4.78 is 1.89. The van der Waals surface area contributed by atoms with E-state index in [1.807, 2.05) is 18.7 Å². The van der Waals surface area contributed by atoms with E-state index in [0.29, 0.717) is 18.5 Å². The molecule has 2 rings (SSSR count). The summed E-state index contributed by atoms with van der Waals surface area (Å²) in [7, 11) is 1.95. The highest BCUT2D eigenvalue weighted by atomic mass is 127. The minimum absolute atomic E-state index is 0. The smallest absolute Gasteiger partial charge is 0.188 e. The molecule has 1 aliphatic rings. The maximum Gasteiger partial charge on any atom is 0.188 e. The van der Waals surface area contributed by atoms with Crippen LogP contribution in [0, 0.1) is 13.8 Å². The molecular formula is C15H29IN6. The van der Waals surface area contributed by atoms with E-state index >= 15 is 0 Å². The number of aliphatic imine (C=N–C) groups is 1. The molecule has 1 aromatic heterocycles. The quantitative estimate of drug-likeness (QED) is 0.431. The third-order valence-electron chi connectivity index (χ3n) is 4.49. The molecule has 1 unspecified atom stereocenters. The Hall–Kier alpha value is -0.830. The number of aromatic nitrogens is 2. The molecule has 6 nitrogen and oxygen atoms in total. The minimum Gasteiger partial charge on any atom is -0.370 e. The number of nitrogens with two attached hydrogens (primary N) is 1. The minimum atomic E-state index is 0. The highest BCUT2D eigenvalue weighted by Gasteiger charge is 2.22. The van der Waals surface area contributed by atoms with Gasteiger partial charge in [-0.3, -0.25) is 9.58 Å². The second-order valence-corrected chi connectivity index (χ2v) is 5.78. The van der Waals surface area contributed by atoms with Crippen molar-refractivity contribution in [2.24, 2.45) is 17.8 Å². The number of likely N-dealkylation sites (tertiary alicyclic amines) is 1. The fourth-order valence-electron chi connectivity index (χ4n) is 3.03. The Bertz CT molecular complexity index is 510. The third-order valence-corrected chi connectivity index (χ3v) is 4.49. The highest BCUT2D eigenvalue weighted by molar-refractivity contribution is 14.0. The van der Waals surface area contributed by atoms with Gasteiger partial charge in [0.2, 0.25) is 0 Å². The molecule has 1 atom stereocenters. The number of rotatable bonds is 5. The number of likely N-dealkylation sites (N-methyl/N-ethyl adjacent to an activating group) is 1. The van der Waals surface area contributed by atoms with E-state index in [2.05, 4.69) is 34.2 Å². The molecule has 22 heavy (non-hydrogen) atoms. The lowest BCUT2D eigenvalue weighted by Crippen LogP contribution is -2.42. The standard InChI is InChI=1S/C15H28N6.HI/c1-5-21-8-6-7-13(21)9-17-15(16)18-10-14-11(2)19-20(4)12(14)3;/h13H,5-10H2,1-4H3,(H3,16,17,18);1H. The fraction of sp³-hybridized carbons (Fsp3) is 0.733. The molecule has 1 fully saturated rings. The Morgan fingerprint density at radius 3 is 2.77 bits per heavy atom. The van der Waals surface area contributed by atoms with Crippen LogP contribution < -0.4 is 11.1 Å². The molecule has 0 amide bonds. The zero-order chi connectivity index (χ0) is 15.4. The molecule has 3 N–H and O–H groups in total. The van der Waals surface area contributed by atoms with Crippen molar-refractivity contribution in [2.75, 3.05) is 19.6 Å². The fourth-order valence-corrected chi connectivity index (χ4v) is 3.03. The first-order valence-corrected chi connectivity index (χ1v) is 7.79. The lowest BCUT2D eigenvalue weighted by Gasteiger charge is -2.23. The van der Waals surface area contributed by atoms with E-state index < -0.39 is 0 Å². The molecule has 1 aromatic rings. The van der Waals surface area contributed by atoms with Gasteiger partial charge in [0.15, 0.2) is 5.96 Å². The Kier molecular flexibility index (Phi) is 7.61. The van der Waals surface area contributed by atoms with Crippen LogP contribution in [0.2, 0.25) is 0 Å². The molecule has 1 saturated heterocycles. The van der Waals surface area contributed by atoms with Crippen LogP contribution in [-0.2, 0) is 13.6 Å². The Morgan fingerprint density at radius 1 is 1.45 bits per heavy atom. The van der Waals surface area contributed by atoms with E-state index in [-0.39, 0.29) is 24.0 Å². The summed E-state index contributed by atoms with van der Waals surface area (Å²) in [5.74, 6) is 0.528. The van der Waals surface area contributed by atoms with Gasteiger partial charge in [-0.1, -0.05) is 6.92 Å². The first-order valence-electron chi connectivity index (χ1n) is 7.79. The Labute approximate surface area is 150 Å². The van der Waals surface area contributed by atoms with E-state index in [9.17, 15) is 0 Å². The summed E-state index contributed by atoms with van der Waals surface area (Å²) in [6.07, 6.45) is 2.53. The van der Waals surface area contributed by atoms with Crippen LogP contribution in [0.5, 0.6) is 0 Å². The van der Waals surface area contributed by atoms with Gasteiger partial charge in [0.1, 0.15) is 0 Å². The van der Waals surface area contributed by atoms with Gasteiger partial charge in [-0.25, -0.2) is 4.99 Å². The SMILES string of the molecule is CCN1CCCC1CNC(N)=NCc1c(C)nn(C)c1C.I. The van der Waals surface area contributed by atoms with Crippen LogP contribution in [0.3, 0.4) is 0 Å². The van der Waals surface area contributed by atoms with E-state index in [1.54, 1.807) is 0 Å². The van der Waals surface area contributed by atoms with E-state index in [0.717, 1.165) is 24.5 Å². The van der Waals surface area contributed by atoms with Gasteiger partial charge >= 0.3 is 0 Å². The number of nitrogens with one attached hydrogen (secondary N) is 1. The number of guanidine groups is 1. The number of hydrogen-bond acceptors (Lipinski definition) is 3. The zero-order valence-corrected chi connectivity index (χ0v) is 16.4. The van der Waals surface area contributed by atoms with Gasteiger partial charge in [-0.05, 0) is 39.8 Å². The summed E-state index contributed by atoms with van der Waals surface area (Å²) in [5, 5.41) is 7.66. The summed E-state index contributed by atoms with van der Waals surface area (Å²) in [6.45, 7) is 10.1. The van der Waals surface area contributed by atoms with Crippen LogP contribution in [0.15, 0.2) is 4.99 Å². The lowest BCUT2D eigenvalue weighted by atomic mass is 10.2. The van der Waals surface area contributed by atoms with Crippen molar-refractivity contribution in [3.63, 3.8) is 0 Å². The Balaban J connectivity index is 0.00000242. The van der Waals surface area contributed by atoms with Crippen molar-refractivity contribution in [1.29, 1.82) is 0 Å². The molecule has 126 valence electrons. The van der Waals surface area contributed by atoms with Crippen molar-refractivity contribution in [3.05, 3.63) is 17.0 Å². The first-order chi connectivity index (χ1) is 10.0. The maximum absolute atomic E-state index is 5.99. The molecule has 0 aromatic carbocycles. The van der Waals surface area contributed by atoms with Gasteiger partial charge in [0.05, 0.1) is 12.2 Å². The molecule has 0 bridgehead atoms. The molecule has 0 aliphatic carbocycles. The topological polar surface area (TPSA) is 71.5 Å². The molecule has 7 heteroatoms. The normalized spacial score (nSPS) is 19.3. The Morgan fingerprint density at radius 2 is 2.18 bits per heavy atom. The van der Waals surface area contributed by atoms with Crippen LogP contribution >= 0.6 is 24.0 Å². The number of nitrogens with zero attached hydrogens (tertiary/aromatic N) is 4. The van der Waals surface area contributed by atoms with Crippen molar-refractivity contribution < 1.29 is 0 Å². The highest BCUT2D eigenvalue weighted by Crippen LogP contribution is 2.15. The van der Waals surface area contributed by atoms with Crippen molar-refractivity contribution in [3.8, 4) is 0 Å². The number of aryl methyl sites for hydroxylation is 2. The van der Waals surface area contributed by atoms with Crippen molar-refractivity contribution >= 4 is 29.9 Å². The second-order valence-electron chi connectivity index (χ2n) is 5.78. The molecule has 0 saturated carbocycles. The molecule has 0 spiro atoms. The van der Waals surface area contributed by atoms with Gasteiger partial charge < -0.3 is 11.1 Å². The molecule has 0 radical (unpaired) electrons. The van der Waals surface area contributed by atoms with Gasteiger partial charge in [-0.15, -0.1) is 24.0 Å². The molecular weight excluding hydrogens is 391 g/mol. The summed E-state index contributed by atoms with van der Waals surface area (Å²) >= 11 is 0. The zero-order valence-electron chi connectivity index (χ0n) is 14.1. The monoisotopic (exact) mass is 420 g/mol. The number of hydrogen-bond donors (Lipinski definition) is 2. The van der Waals surface area contributed by atoms with Crippen molar-refractivity contribution in [1.82, 2.24) is 20.0 Å². The third kappa shape index (κ3) is 4.58. The first kappa shape index (κ1) is 19.2. The summed E-state index contributed by atoms with van der Waals surface area (Å²) in [4.78, 5) is 6.95. The van der Waals surface area contributed by atoms with Gasteiger partial charge in [-0.2, -0.15) is 5.10 Å². The van der Waals surface area contributed by atoms with E-state index in [4.69, 9.17) is 5.73 Å². The van der Waals surface area contributed by atoms with Crippen molar-refractivity contribution in [2.45, 2.75) is 46.2 Å². The van der Waals surface area contributed by atoms with E-state index in [1.165, 1.54) is 24.9 Å². The maximum atomic E-state index is 5.99. The average Bonchev–Trinajstić information content (AvgIpc) is 3.00. The largest absolute Gasteiger partial charge is 0.370 e. The van der Waals surface area contributed by atoms with Gasteiger partial charge in [0.25, 0.3) is 0 Å². The second kappa shape index (κ2) is 8.71. The lowest BCUT2D eigenvalue weighted by molar-refractivity contribution is 0.267. The average molecular weight is 420 g/mol. The van der Waals surface area contributed by atoms with Crippen LogP contribution in [-0.4, -0.2) is 46.3 Å². The van der Waals surface area contributed by atoms with Crippen LogP contribution in [0.1, 0.15) is 36.7 Å². The summed E-state index contributed by atoms with van der Waals surface area (Å²) in [5.41, 5.74) is 9.33. The predicted octanol–water partition coefficient (Wildman–Crippen LogP) is 1.54. The van der Waals surface area contributed by atoms with Crippen LogP contribution in [0.25, 0.3) is 0 Å². The van der Waals surface area contributed by atoms with Gasteiger partial charge in [0, 0.05) is 30.9 Å². The number of halogens is 1. The summed E-state index contributed by atoms with van der Waals surface area (Å²) in [6, 6.07) is 0.589. The molecule has 1 aliphatic heterocycles. The predicted molar refractivity (Wildman–Crippen MR) is 102 cm³/mol.